The molecule has 2 aromatic heterocycles. The van der Waals surface area contributed by atoms with E-state index in [1.54, 1.807) is 39.0 Å². The summed E-state index contributed by atoms with van der Waals surface area (Å²) < 4.78 is 43.5. The number of amides is 1. The lowest BCUT2D eigenvalue weighted by molar-refractivity contribution is -0.129. The number of hydrogen-bond acceptors (Lipinski definition) is 9. The smallest absolute Gasteiger partial charge is 0.269 e. The third-order valence-corrected chi connectivity index (χ3v) is 5.81. The van der Waals surface area contributed by atoms with Crippen LogP contribution in [-0.2, 0) is 14.8 Å². The molecule has 0 unspecified atom stereocenters. The highest BCUT2D eigenvalue weighted by Gasteiger charge is 2.36. The number of aryl methyl sites for hydroxylation is 1. The maximum Gasteiger partial charge on any atom is 0.269 e. The lowest BCUT2D eigenvalue weighted by Crippen LogP contribution is -2.45. The highest BCUT2D eigenvalue weighted by molar-refractivity contribution is 7.89. The van der Waals surface area contributed by atoms with Crippen LogP contribution in [-0.4, -0.2) is 34.9 Å². The van der Waals surface area contributed by atoms with E-state index < -0.39 is 21.4 Å². The third kappa shape index (κ3) is 4.68. The van der Waals surface area contributed by atoms with E-state index in [1.165, 1.54) is 12.3 Å². The van der Waals surface area contributed by atoms with Crippen molar-refractivity contribution in [3.05, 3.63) is 48.0 Å². The van der Waals surface area contributed by atoms with Crippen LogP contribution in [0.25, 0.3) is 0 Å². The standard InChI is InChI=1S/C20H20FN7O4S/c1-10-4-5-11(7-15(10)33(22,30)31)26-19-24-9-13(21)16(28-19)25-12-6-14-17(23-8-12)27-18(29)20(2,3)32-14/h4-9H,1-3H3,(H2,22,30,31)(H,23,27,29)(H2,24,25,26,28). The second kappa shape index (κ2) is 7.94. The molecule has 1 aliphatic heterocycles. The SMILES string of the molecule is Cc1ccc(Nc2ncc(F)c(Nc3cnc4c(c3)OC(C)(C)C(=O)N4)n2)cc1S(N)(=O)=O. The van der Waals surface area contributed by atoms with Gasteiger partial charge in [-0.3, -0.25) is 4.79 Å². The van der Waals surface area contributed by atoms with Gasteiger partial charge < -0.3 is 20.7 Å². The summed E-state index contributed by atoms with van der Waals surface area (Å²) in [6.07, 6.45) is 2.34. The summed E-state index contributed by atoms with van der Waals surface area (Å²) in [7, 11) is -3.92. The van der Waals surface area contributed by atoms with Crippen LogP contribution in [0.2, 0.25) is 0 Å². The van der Waals surface area contributed by atoms with Crippen LogP contribution >= 0.6 is 0 Å². The van der Waals surface area contributed by atoms with Gasteiger partial charge in [0.15, 0.2) is 28.8 Å². The van der Waals surface area contributed by atoms with Crippen molar-refractivity contribution >= 4 is 44.9 Å². The van der Waals surface area contributed by atoms with Crippen molar-refractivity contribution in [1.82, 2.24) is 15.0 Å². The minimum atomic E-state index is -3.92. The van der Waals surface area contributed by atoms with E-state index in [-0.39, 0.29) is 28.4 Å². The summed E-state index contributed by atoms with van der Waals surface area (Å²) in [5.41, 5.74) is 0.0982. The van der Waals surface area contributed by atoms with Gasteiger partial charge in [0.25, 0.3) is 5.91 Å². The molecular formula is C20H20FN7O4S. The highest BCUT2D eigenvalue weighted by atomic mass is 32.2. The number of aromatic nitrogens is 3. The zero-order valence-corrected chi connectivity index (χ0v) is 18.6. The molecule has 3 heterocycles. The molecule has 33 heavy (non-hydrogen) atoms. The molecular weight excluding hydrogens is 453 g/mol. The van der Waals surface area contributed by atoms with E-state index in [4.69, 9.17) is 9.88 Å². The topological polar surface area (TPSA) is 161 Å². The fourth-order valence-corrected chi connectivity index (χ4v) is 3.84. The van der Waals surface area contributed by atoms with Crippen LogP contribution < -0.4 is 25.8 Å². The summed E-state index contributed by atoms with van der Waals surface area (Å²) in [6, 6.07) is 6.08. The van der Waals surface area contributed by atoms with E-state index >= 15 is 0 Å². The van der Waals surface area contributed by atoms with Crippen molar-refractivity contribution in [2.24, 2.45) is 5.14 Å². The Hall–Kier alpha value is -3.84. The lowest BCUT2D eigenvalue weighted by Gasteiger charge is -2.30. The number of carbonyl (C=O) groups is 1. The van der Waals surface area contributed by atoms with Crippen molar-refractivity contribution in [3.63, 3.8) is 0 Å². The van der Waals surface area contributed by atoms with Gasteiger partial charge in [0.05, 0.1) is 23.0 Å². The minimum Gasteiger partial charge on any atom is -0.474 e. The zero-order chi connectivity index (χ0) is 24.0. The Morgan fingerprint density at radius 1 is 1.12 bits per heavy atom. The monoisotopic (exact) mass is 473 g/mol. The van der Waals surface area contributed by atoms with Crippen LogP contribution in [0.1, 0.15) is 19.4 Å². The first-order chi connectivity index (χ1) is 15.4. The molecule has 0 saturated carbocycles. The molecule has 13 heteroatoms. The van der Waals surface area contributed by atoms with Crippen LogP contribution in [0.15, 0.2) is 41.6 Å². The maximum absolute atomic E-state index is 14.4. The van der Waals surface area contributed by atoms with E-state index in [0.717, 1.165) is 6.20 Å². The Balaban J connectivity index is 1.59. The molecule has 0 atom stereocenters. The predicted molar refractivity (Wildman–Crippen MR) is 119 cm³/mol. The summed E-state index contributed by atoms with van der Waals surface area (Å²) in [5, 5.41) is 13.5. The van der Waals surface area contributed by atoms with E-state index in [0.29, 0.717) is 22.7 Å². The Bertz CT molecular complexity index is 1380. The molecule has 1 amide bonds. The Labute approximate surface area is 188 Å². The summed E-state index contributed by atoms with van der Waals surface area (Å²) >= 11 is 0. The first-order valence-electron chi connectivity index (χ1n) is 9.63. The molecule has 1 aromatic carbocycles. The van der Waals surface area contributed by atoms with E-state index in [1.807, 2.05) is 0 Å². The summed E-state index contributed by atoms with van der Waals surface area (Å²) in [6.45, 7) is 4.84. The van der Waals surface area contributed by atoms with Crippen LogP contribution in [0.3, 0.4) is 0 Å². The van der Waals surface area contributed by atoms with Crippen LogP contribution in [0.4, 0.5) is 33.3 Å². The largest absolute Gasteiger partial charge is 0.474 e. The average molecular weight is 473 g/mol. The molecule has 0 aliphatic carbocycles. The minimum absolute atomic E-state index is 0.0127. The number of nitrogens with zero attached hydrogens (tertiary/aromatic N) is 3. The molecule has 0 fully saturated rings. The van der Waals surface area contributed by atoms with Gasteiger partial charge in [0.2, 0.25) is 16.0 Å². The van der Waals surface area contributed by atoms with E-state index in [2.05, 4.69) is 30.9 Å². The number of benzene rings is 1. The van der Waals surface area contributed by atoms with Gasteiger partial charge in [0, 0.05) is 11.8 Å². The molecule has 11 nitrogen and oxygen atoms in total. The molecule has 0 saturated heterocycles. The predicted octanol–water partition coefficient (Wildman–Crippen LogP) is 2.56. The van der Waals surface area contributed by atoms with Gasteiger partial charge in [-0.15, -0.1) is 0 Å². The van der Waals surface area contributed by atoms with Crippen molar-refractivity contribution in [1.29, 1.82) is 0 Å². The number of halogens is 1. The number of fused-ring (bicyclic) bond motifs is 1. The first kappa shape index (κ1) is 22.4. The van der Waals surface area contributed by atoms with Gasteiger partial charge in [0.1, 0.15) is 0 Å². The Morgan fingerprint density at radius 2 is 1.88 bits per heavy atom. The molecule has 4 rings (SSSR count). The fraction of sp³-hybridized carbons (Fsp3) is 0.200. The quantitative estimate of drug-likeness (QED) is 0.436. The lowest BCUT2D eigenvalue weighted by atomic mass is 10.1. The fourth-order valence-electron chi connectivity index (χ4n) is 3.03. The molecule has 172 valence electrons. The molecule has 1 aliphatic rings. The zero-order valence-electron chi connectivity index (χ0n) is 17.8. The number of ether oxygens (including phenoxy) is 1. The van der Waals surface area contributed by atoms with Crippen LogP contribution in [0.5, 0.6) is 5.75 Å². The van der Waals surface area contributed by atoms with Gasteiger partial charge in [-0.1, -0.05) is 6.07 Å². The number of sulfonamides is 1. The number of nitrogens with two attached hydrogens (primary N) is 1. The van der Waals surface area contributed by atoms with Gasteiger partial charge >= 0.3 is 0 Å². The number of anilines is 5. The van der Waals surface area contributed by atoms with Gasteiger partial charge in [-0.25, -0.2) is 27.9 Å². The molecule has 0 bridgehead atoms. The number of rotatable bonds is 5. The molecule has 0 radical (unpaired) electrons. The molecule has 3 aromatic rings. The second-order valence-electron chi connectivity index (χ2n) is 7.80. The average Bonchev–Trinajstić information content (AvgIpc) is 2.72. The number of hydrogen-bond donors (Lipinski definition) is 4. The number of pyridine rings is 1. The summed E-state index contributed by atoms with van der Waals surface area (Å²) in [5.74, 6) is -0.650. The number of carbonyl (C=O) groups excluding carboxylic acids is 1. The first-order valence-corrected chi connectivity index (χ1v) is 11.2. The Kier molecular flexibility index (Phi) is 5.38. The van der Waals surface area contributed by atoms with Crippen molar-refractivity contribution in [2.75, 3.05) is 16.0 Å². The van der Waals surface area contributed by atoms with Gasteiger partial charge in [-0.2, -0.15) is 4.98 Å². The molecule has 0 spiro atoms. The highest BCUT2D eigenvalue weighted by Crippen LogP contribution is 2.34. The number of primary sulfonamides is 1. The normalized spacial score (nSPS) is 14.6. The third-order valence-electron chi connectivity index (χ3n) is 4.75. The Morgan fingerprint density at radius 3 is 2.61 bits per heavy atom. The van der Waals surface area contributed by atoms with Crippen molar-refractivity contribution in [3.8, 4) is 5.75 Å². The maximum atomic E-state index is 14.4. The van der Waals surface area contributed by atoms with Crippen LogP contribution in [0, 0.1) is 12.7 Å². The van der Waals surface area contributed by atoms with Gasteiger partial charge in [-0.05, 0) is 38.5 Å². The van der Waals surface area contributed by atoms with Crippen molar-refractivity contribution in [2.45, 2.75) is 31.3 Å². The number of nitrogens with one attached hydrogen (secondary N) is 3. The second-order valence-corrected chi connectivity index (χ2v) is 9.33. The van der Waals surface area contributed by atoms with E-state index in [9.17, 15) is 17.6 Å². The summed E-state index contributed by atoms with van der Waals surface area (Å²) in [4.78, 5) is 24.0. The van der Waals surface area contributed by atoms with Crippen molar-refractivity contribution < 1.29 is 22.3 Å². The molecule has 5 N–H and O–H groups in total.